The van der Waals surface area contributed by atoms with E-state index in [4.69, 9.17) is 11.6 Å². The number of halogens is 1. The van der Waals surface area contributed by atoms with Crippen LogP contribution in [0.4, 0.5) is 10.5 Å². The number of piperidine rings is 1. The Morgan fingerprint density at radius 2 is 1.70 bits per heavy atom. The molecule has 0 aliphatic carbocycles. The lowest BCUT2D eigenvalue weighted by Crippen LogP contribution is -2.45. The molecule has 1 unspecified atom stereocenters. The number of amides is 3. The normalized spacial score (nSPS) is 15.7. The highest BCUT2D eigenvalue weighted by molar-refractivity contribution is 6.31. The third-order valence-electron chi connectivity index (χ3n) is 5.54. The number of likely N-dealkylation sites (tertiary alicyclic amines) is 1. The molecule has 0 bridgehead atoms. The number of hydrogen-bond acceptors (Lipinski definition) is 3. The van der Waals surface area contributed by atoms with E-state index >= 15 is 0 Å². The van der Waals surface area contributed by atoms with Gasteiger partial charge in [-0.1, -0.05) is 48.0 Å². The van der Waals surface area contributed by atoms with Gasteiger partial charge in [-0.3, -0.25) is 4.79 Å². The van der Waals surface area contributed by atoms with Crippen molar-refractivity contribution >= 4 is 29.2 Å². The maximum atomic E-state index is 12.7. The number of likely N-dealkylation sites (N-methyl/N-ethyl adjacent to an activating group) is 1. The zero-order chi connectivity index (χ0) is 21.5. The summed E-state index contributed by atoms with van der Waals surface area (Å²) in [5.41, 5.74) is 1.77. The average molecular weight is 429 g/mol. The van der Waals surface area contributed by atoms with Crippen molar-refractivity contribution in [1.29, 1.82) is 0 Å². The topological polar surface area (TPSA) is 64.7 Å². The molecule has 1 saturated heterocycles. The summed E-state index contributed by atoms with van der Waals surface area (Å²) >= 11 is 6.35. The summed E-state index contributed by atoms with van der Waals surface area (Å²) in [6.45, 7) is 1.63. The van der Waals surface area contributed by atoms with Crippen LogP contribution in [0.5, 0.6) is 0 Å². The summed E-state index contributed by atoms with van der Waals surface area (Å²) in [7, 11) is 3.95. The second-order valence-electron chi connectivity index (χ2n) is 7.80. The first-order valence-electron chi connectivity index (χ1n) is 10.2. The minimum atomic E-state index is -0.119. The Bertz CT molecular complexity index is 851. The van der Waals surface area contributed by atoms with Crippen LogP contribution in [0.15, 0.2) is 54.6 Å². The molecule has 1 fully saturated rings. The van der Waals surface area contributed by atoms with Gasteiger partial charge in [-0.25, -0.2) is 4.79 Å². The second kappa shape index (κ2) is 10.5. The van der Waals surface area contributed by atoms with E-state index in [0.717, 1.165) is 11.3 Å². The monoisotopic (exact) mass is 428 g/mol. The van der Waals surface area contributed by atoms with Gasteiger partial charge in [0.25, 0.3) is 0 Å². The van der Waals surface area contributed by atoms with Crippen LogP contribution in [0, 0.1) is 5.92 Å². The summed E-state index contributed by atoms with van der Waals surface area (Å²) in [6.07, 6.45) is 1.32. The third-order valence-corrected chi connectivity index (χ3v) is 5.88. The van der Waals surface area contributed by atoms with Crippen molar-refractivity contribution in [3.05, 3.63) is 65.2 Å². The number of nitrogens with zero attached hydrogens (tertiary/aromatic N) is 2. The molecule has 160 valence electrons. The Hall–Kier alpha value is -2.57. The van der Waals surface area contributed by atoms with Crippen molar-refractivity contribution in [2.75, 3.05) is 39.0 Å². The number of para-hydroxylation sites is 1. The molecule has 1 heterocycles. The SMILES string of the molecule is CN(C)C(CNC(=O)C1CCN(C(=O)Nc2ccccc2)CC1)c1ccccc1Cl. The smallest absolute Gasteiger partial charge is 0.321 e. The highest BCUT2D eigenvalue weighted by atomic mass is 35.5. The first-order valence-corrected chi connectivity index (χ1v) is 10.6. The lowest BCUT2D eigenvalue weighted by molar-refractivity contribution is -0.126. The molecule has 7 heteroatoms. The molecule has 0 saturated carbocycles. The molecular weight excluding hydrogens is 400 g/mol. The number of nitrogens with one attached hydrogen (secondary N) is 2. The second-order valence-corrected chi connectivity index (χ2v) is 8.21. The summed E-state index contributed by atoms with van der Waals surface area (Å²) in [6, 6.07) is 17.0. The number of benzene rings is 2. The van der Waals surface area contributed by atoms with Gasteiger partial charge in [-0.05, 0) is 50.7 Å². The van der Waals surface area contributed by atoms with Crippen LogP contribution in [0.25, 0.3) is 0 Å². The van der Waals surface area contributed by atoms with Crippen molar-refractivity contribution < 1.29 is 9.59 Å². The molecule has 0 aromatic heterocycles. The molecule has 2 aromatic carbocycles. The summed E-state index contributed by atoms with van der Waals surface area (Å²) < 4.78 is 0. The number of carbonyl (C=O) groups excluding carboxylic acids is 2. The number of urea groups is 1. The molecule has 0 spiro atoms. The number of anilines is 1. The molecule has 3 amide bonds. The van der Waals surface area contributed by atoms with E-state index in [1.165, 1.54) is 0 Å². The highest BCUT2D eigenvalue weighted by Crippen LogP contribution is 2.26. The summed E-state index contributed by atoms with van der Waals surface area (Å²) in [5, 5.41) is 6.68. The highest BCUT2D eigenvalue weighted by Gasteiger charge is 2.28. The van der Waals surface area contributed by atoms with Gasteiger partial charge in [0.05, 0.1) is 6.04 Å². The first kappa shape index (κ1) is 22.1. The Morgan fingerprint density at radius 1 is 1.07 bits per heavy atom. The van der Waals surface area contributed by atoms with Crippen molar-refractivity contribution in [3.63, 3.8) is 0 Å². The molecule has 1 atom stereocenters. The zero-order valence-corrected chi connectivity index (χ0v) is 18.2. The Labute approximate surface area is 183 Å². The minimum absolute atomic E-state index is 0.000566. The third kappa shape index (κ3) is 5.74. The van der Waals surface area contributed by atoms with E-state index in [9.17, 15) is 9.59 Å². The fourth-order valence-electron chi connectivity index (χ4n) is 3.73. The maximum Gasteiger partial charge on any atom is 0.321 e. The van der Waals surface area contributed by atoms with Crippen LogP contribution in [-0.4, -0.2) is 55.5 Å². The predicted molar refractivity (Wildman–Crippen MR) is 121 cm³/mol. The molecule has 1 aliphatic heterocycles. The fraction of sp³-hybridized carbons (Fsp3) is 0.391. The van der Waals surface area contributed by atoms with Gasteiger partial charge in [-0.2, -0.15) is 0 Å². The molecular formula is C23H29ClN4O2. The van der Waals surface area contributed by atoms with E-state index < -0.39 is 0 Å². The van der Waals surface area contributed by atoms with Crippen molar-refractivity contribution in [3.8, 4) is 0 Å². The number of hydrogen-bond donors (Lipinski definition) is 2. The lowest BCUT2D eigenvalue weighted by Gasteiger charge is -2.32. The van der Waals surface area contributed by atoms with Crippen molar-refractivity contribution in [2.45, 2.75) is 18.9 Å². The van der Waals surface area contributed by atoms with E-state index in [-0.39, 0.29) is 23.9 Å². The van der Waals surface area contributed by atoms with Crippen LogP contribution in [0.2, 0.25) is 5.02 Å². The zero-order valence-electron chi connectivity index (χ0n) is 17.5. The Morgan fingerprint density at radius 3 is 2.33 bits per heavy atom. The van der Waals surface area contributed by atoms with Crippen molar-refractivity contribution in [2.24, 2.45) is 5.92 Å². The molecule has 2 aromatic rings. The van der Waals surface area contributed by atoms with E-state index in [1.807, 2.05) is 68.7 Å². The molecule has 0 radical (unpaired) electrons. The van der Waals surface area contributed by atoms with Crippen LogP contribution < -0.4 is 10.6 Å². The first-order chi connectivity index (χ1) is 14.5. The lowest BCUT2D eigenvalue weighted by atomic mass is 9.95. The van der Waals surface area contributed by atoms with E-state index in [2.05, 4.69) is 15.5 Å². The van der Waals surface area contributed by atoms with Crippen LogP contribution in [0.1, 0.15) is 24.4 Å². The maximum absolute atomic E-state index is 12.7. The summed E-state index contributed by atoms with van der Waals surface area (Å²) in [5.74, 6) is -0.0446. The van der Waals surface area contributed by atoms with Crippen molar-refractivity contribution in [1.82, 2.24) is 15.1 Å². The van der Waals surface area contributed by atoms with Gasteiger partial charge in [-0.15, -0.1) is 0 Å². The predicted octanol–water partition coefficient (Wildman–Crippen LogP) is 4.00. The molecule has 3 rings (SSSR count). The average Bonchev–Trinajstić information content (AvgIpc) is 2.75. The van der Waals surface area contributed by atoms with E-state index in [1.54, 1.807) is 4.90 Å². The van der Waals surface area contributed by atoms with Crippen LogP contribution in [-0.2, 0) is 4.79 Å². The van der Waals surface area contributed by atoms with Gasteiger partial charge in [0.2, 0.25) is 5.91 Å². The summed E-state index contributed by atoms with van der Waals surface area (Å²) in [4.78, 5) is 29.0. The Kier molecular flexibility index (Phi) is 7.71. The number of rotatable bonds is 6. The fourth-order valence-corrected chi connectivity index (χ4v) is 3.99. The van der Waals surface area contributed by atoms with Gasteiger partial charge < -0.3 is 20.4 Å². The Balaban J connectivity index is 1.49. The van der Waals surface area contributed by atoms with Gasteiger partial charge in [0, 0.05) is 36.3 Å². The largest absolute Gasteiger partial charge is 0.354 e. The quantitative estimate of drug-likeness (QED) is 0.730. The van der Waals surface area contributed by atoms with Gasteiger partial charge in [0.15, 0.2) is 0 Å². The minimum Gasteiger partial charge on any atom is -0.354 e. The van der Waals surface area contributed by atoms with Crippen LogP contribution in [0.3, 0.4) is 0 Å². The van der Waals surface area contributed by atoms with Crippen LogP contribution >= 0.6 is 11.6 Å². The molecule has 30 heavy (non-hydrogen) atoms. The molecule has 2 N–H and O–H groups in total. The van der Waals surface area contributed by atoms with E-state index in [0.29, 0.717) is 37.5 Å². The number of carbonyl (C=O) groups is 2. The van der Waals surface area contributed by atoms with Gasteiger partial charge >= 0.3 is 6.03 Å². The van der Waals surface area contributed by atoms with Gasteiger partial charge in [0.1, 0.15) is 0 Å². The molecule has 1 aliphatic rings. The molecule has 6 nitrogen and oxygen atoms in total. The standard InChI is InChI=1S/C23H29ClN4O2/c1-27(2)21(19-10-6-7-11-20(19)24)16-25-22(29)17-12-14-28(15-13-17)23(30)26-18-8-4-3-5-9-18/h3-11,17,21H,12-16H2,1-2H3,(H,25,29)(H,26,30).